The molecule has 0 radical (unpaired) electrons. The van der Waals surface area contributed by atoms with Crippen LogP contribution in [0.3, 0.4) is 0 Å². The fourth-order valence-electron chi connectivity index (χ4n) is 1.49. The Balaban J connectivity index is 3.04. The smallest absolute Gasteiger partial charge is 0.158 e. The van der Waals surface area contributed by atoms with E-state index in [1.165, 1.54) is 12.1 Å². The SMILES string of the molecule is C#C/C(=C\c1cc(O)c(O)cc1C)CCNC. The van der Waals surface area contributed by atoms with E-state index in [-0.39, 0.29) is 11.5 Å². The number of phenolic OH excluding ortho intramolecular Hbond substituents is 2. The lowest BCUT2D eigenvalue weighted by Gasteiger charge is -2.06. The summed E-state index contributed by atoms with van der Waals surface area (Å²) in [5, 5.41) is 21.8. The zero-order valence-corrected chi connectivity index (χ0v) is 10.1. The van der Waals surface area contributed by atoms with E-state index in [1.54, 1.807) is 0 Å². The highest BCUT2D eigenvalue weighted by molar-refractivity contribution is 5.64. The molecule has 1 aromatic carbocycles. The summed E-state index contributed by atoms with van der Waals surface area (Å²) in [7, 11) is 1.87. The van der Waals surface area contributed by atoms with Gasteiger partial charge in [-0.3, -0.25) is 0 Å². The van der Waals surface area contributed by atoms with E-state index in [0.717, 1.165) is 29.7 Å². The number of hydrogen-bond acceptors (Lipinski definition) is 3. The van der Waals surface area contributed by atoms with Crippen LogP contribution in [0.25, 0.3) is 6.08 Å². The number of nitrogens with one attached hydrogen (secondary N) is 1. The lowest BCUT2D eigenvalue weighted by molar-refractivity contribution is 0.403. The van der Waals surface area contributed by atoms with E-state index in [0.29, 0.717) is 0 Å². The highest BCUT2D eigenvalue weighted by Gasteiger charge is 2.04. The van der Waals surface area contributed by atoms with Gasteiger partial charge in [-0.1, -0.05) is 5.92 Å². The standard InChI is InChI=1S/C14H17NO2/c1-4-11(5-6-15-3)8-12-9-14(17)13(16)7-10(12)2/h1,7-9,15-17H,5-6H2,2-3H3/b11-8+. The van der Waals surface area contributed by atoms with E-state index >= 15 is 0 Å². The fraction of sp³-hybridized carbons (Fsp3) is 0.286. The van der Waals surface area contributed by atoms with Crippen molar-refractivity contribution in [2.24, 2.45) is 0 Å². The molecule has 0 aromatic heterocycles. The monoisotopic (exact) mass is 231 g/mol. The van der Waals surface area contributed by atoms with Crippen LogP contribution in [0.5, 0.6) is 11.5 Å². The first kappa shape index (κ1) is 13.1. The van der Waals surface area contributed by atoms with Gasteiger partial charge in [0, 0.05) is 5.57 Å². The van der Waals surface area contributed by atoms with Crippen molar-refractivity contribution in [1.82, 2.24) is 5.32 Å². The van der Waals surface area contributed by atoms with Gasteiger partial charge in [0.25, 0.3) is 0 Å². The quantitative estimate of drug-likeness (QED) is 0.549. The van der Waals surface area contributed by atoms with Crippen LogP contribution in [0.4, 0.5) is 0 Å². The van der Waals surface area contributed by atoms with Crippen LogP contribution < -0.4 is 5.32 Å². The molecule has 3 nitrogen and oxygen atoms in total. The molecule has 0 unspecified atom stereocenters. The summed E-state index contributed by atoms with van der Waals surface area (Å²) in [6, 6.07) is 3.04. The molecule has 3 heteroatoms. The molecule has 0 heterocycles. The van der Waals surface area contributed by atoms with Crippen molar-refractivity contribution in [2.75, 3.05) is 13.6 Å². The van der Waals surface area contributed by atoms with Gasteiger partial charge in [-0.15, -0.1) is 6.42 Å². The van der Waals surface area contributed by atoms with Crippen LogP contribution in [0.2, 0.25) is 0 Å². The van der Waals surface area contributed by atoms with Gasteiger partial charge in [0.15, 0.2) is 11.5 Å². The second-order valence-corrected chi connectivity index (χ2v) is 3.86. The minimum absolute atomic E-state index is 0.114. The van der Waals surface area contributed by atoms with Gasteiger partial charge >= 0.3 is 0 Å². The third-order valence-corrected chi connectivity index (χ3v) is 2.52. The molecule has 0 spiro atoms. The second-order valence-electron chi connectivity index (χ2n) is 3.86. The first-order valence-electron chi connectivity index (χ1n) is 5.43. The third kappa shape index (κ3) is 3.54. The Labute approximate surface area is 102 Å². The Morgan fingerprint density at radius 1 is 1.41 bits per heavy atom. The lowest BCUT2D eigenvalue weighted by Crippen LogP contribution is -2.07. The number of terminal acetylenes is 1. The summed E-state index contributed by atoms with van der Waals surface area (Å²) in [4.78, 5) is 0. The van der Waals surface area contributed by atoms with Crippen LogP contribution in [0.1, 0.15) is 17.5 Å². The van der Waals surface area contributed by atoms with Crippen molar-refractivity contribution in [1.29, 1.82) is 0 Å². The first-order chi connectivity index (χ1) is 8.08. The summed E-state index contributed by atoms with van der Waals surface area (Å²) < 4.78 is 0. The molecular weight excluding hydrogens is 214 g/mol. The lowest BCUT2D eigenvalue weighted by atomic mass is 10.0. The summed E-state index contributed by atoms with van der Waals surface area (Å²) in [5.74, 6) is 2.38. The highest BCUT2D eigenvalue weighted by atomic mass is 16.3. The van der Waals surface area contributed by atoms with Gasteiger partial charge < -0.3 is 15.5 Å². The molecule has 17 heavy (non-hydrogen) atoms. The molecule has 0 saturated heterocycles. The Kier molecular flexibility index (Phi) is 4.62. The van der Waals surface area contributed by atoms with Crippen molar-refractivity contribution in [3.05, 3.63) is 28.8 Å². The number of phenols is 2. The molecule has 0 atom stereocenters. The van der Waals surface area contributed by atoms with Crippen LogP contribution in [-0.2, 0) is 0 Å². The number of aromatic hydroxyl groups is 2. The fourth-order valence-corrected chi connectivity index (χ4v) is 1.49. The molecule has 1 rings (SSSR count). The number of hydrogen-bond donors (Lipinski definition) is 3. The van der Waals surface area contributed by atoms with Gasteiger partial charge in [-0.25, -0.2) is 0 Å². The summed E-state index contributed by atoms with van der Waals surface area (Å²) in [5.41, 5.74) is 2.55. The van der Waals surface area contributed by atoms with E-state index in [2.05, 4.69) is 11.2 Å². The van der Waals surface area contributed by atoms with Crippen molar-refractivity contribution < 1.29 is 10.2 Å². The van der Waals surface area contributed by atoms with Gasteiger partial charge in [0.1, 0.15) is 0 Å². The minimum atomic E-state index is -0.133. The maximum atomic E-state index is 9.44. The average molecular weight is 231 g/mol. The third-order valence-electron chi connectivity index (χ3n) is 2.52. The van der Waals surface area contributed by atoms with Crippen LogP contribution >= 0.6 is 0 Å². The molecule has 1 aromatic rings. The number of benzene rings is 1. The zero-order chi connectivity index (χ0) is 12.8. The summed E-state index contributed by atoms with van der Waals surface area (Å²) in [6.07, 6.45) is 8.03. The zero-order valence-electron chi connectivity index (χ0n) is 10.1. The minimum Gasteiger partial charge on any atom is -0.504 e. The molecule has 0 saturated carbocycles. The Morgan fingerprint density at radius 3 is 2.65 bits per heavy atom. The summed E-state index contributed by atoms with van der Waals surface area (Å²) in [6.45, 7) is 2.66. The molecule has 3 N–H and O–H groups in total. The number of aryl methyl sites for hydroxylation is 1. The van der Waals surface area contributed by atoms with Crippen molar-refractivity contribution in [3.8, 4) is 23.8 Å². The van der Waals surface area contributed by atoms with Gasteiger partial charge in [0.2, 0.25) is 0 Å². The van der Waals surface area contributed by atoms with Crippen LogP contribution in [-0.4, -0.2) is 23.8 Å². The molecule has 0 bridgehead atoms. The van der Waals surface area contributed by atoms with Crippen molar-refractivity contribution in [2.45, 2.75) is 13.3 Å². The molecular formula is C14H17NO2. The van der Waals surface area contributed by atoms with Crippen LogP contribution in [0, 0.1) is 19.3 Å². The Bertz CT molecular complexity index is 470. The molecule has 0 amide bonds. The first-order valence-corrected chi connectivity index (χ1v) is 5.43. The topological polar surface area (TPSA) is 52.5 Å². The normalized spacial score (nSPS) is 11.2. The van der Waals surface area contributed by atoms with Crippen LogP contribution in [0.15, 0.2) is 17.7 Å². The summed E-state index contributed by atoms with van der Waals surface area (Å²) >= 11 is 0. The van der Waals surface area contributed by atoms with E-state index in [1.807, 2.05) is 20.0 Å². The predicted octanol–water partition coefficient (Wildman–Crippen LogP) is 2.03. The maximum Gasteiger partial charge on any atom is 0.158 e. The molecule has 0 aliphatic carbocycles. The Morgan fingerprint density at radius 2 is 2.06 bits per heavy atom. The molecule has 90 valence electrons. The highest BCUT2D eigenvalue weighted by Crippen LogP contribution is 2.29. The van der Waals surface area contributed by atoms with Gasteiger partial charge in [-0.05, 0) is 56.3 Å². The molecule has 0 aliphatic rings. The van der Waals surface area contributed by atoms with E-state index in [9.17, 15) is 10.2 Å². The average Bonchev–Trinajstić information content (AvgIpc) is 2.30. The largest absolute Gasteiger partial charge is 0.504 e. The van der Waals surface area contributed by atoms with E-state index in [4.69, 9.17) is 6.42 Å². The molecule has 0 fully saturated rings. The predicted molar refractivity (Wildman–Crippen MR) is 69.9 cm³/mol. The Hall–Kier alpha value is -1.92. The van der Waals surface area contributed by atoms with Gasteiger partial charge in [0.05, 0.1) is 0 Å². The second kappa shape index (κ2) is 5.97. The van der Waals surface area contributed by atoms with E-state index < -0.39 is 0 Å². The number of rotatable bonds is 4. The molecule has 0 aliphatic heterocycles. The van der Waals surface area contributed by atoms with Crippen molar-refractivity contribution >= 4 is 6.08 Å². The van der Waals surface area contributed by atoms with Gasteiger partial charge in [-0.2, -0.15) is 0 Å². The maximum absolute atomic E-state index is 9.44. The van der Waals surface area contributed by atoms with Crippen molar-refractivity contribution in [3.63, 3.8) is 0 Å².